The Hall–Kier alpha value is -3.69. The summed E-state index contributed by atoms with van der Waals surface area (Å²) in [6.07, 6.45) is -2.34. The Bertz CT molecular complexity index is 1300. The molecular formula is C24H21F5N4O. The van der Waals surface area contributed by atoms with E-state index < -0.39 is 23.3 Å². The van der Waals surface area contributed by atoms with Crippen LogP contribution in [0.4, 0.5) is 27.9 Å². The lowest BCUT2D eigenvalue weighted by atomic mass is 9.98. The van der Waals surface area contributed by atoms with E-state index in [1.165, 1.54) is 35.0 Å². The number of benzene rings is 2. The molecule has 0 fully saturated rings. The Morgan fingerprint density at radius 2 is 1.79 bits per heavy atom. The summed E-state index contributed by atoms with van der Waals surface area (Å²) in [7, 11) is 0. The Kier molecular flexibility index (Phi) is 6.41. The summed E-state index contributed by atoms with van der Waals surface area (Å²) in [6, 6.07) is 10.8. The zero-order valence-electron chi connectivity index (χ0n) is 18.1. The van der Waals surface area contributed by atoms with Gasteiger partial charge in [0.15, 0.2) is 17.2 Å². The van der Waals surface area contributed by atoms with Gasteiger partial charge in [-0.1, -0.05) is 25.1 Å². The smallest absolute Gasteiger partial charge is 0.420 e. The molecule has 2 heterocycles. The van der Waals surface area contributed by atoms with Crippen LogP contribution in [0.2, 0.25) is 0 Å². The summed E-state index contributed by atoms with van der Waals surface area (Å²) in [6.45, 7) is 1.77. The third kappa shape index (κ3) is 5.11. The van der Waals surface area contributed by atoms with Gasteiger partial charge >= 0.3 is 6.18 Å². The predicted octanol–water partition coefficient (Wildman–Crippen LogP) is 5.92. The van der Waals surface area contributed by atoms with Crippen LogP contribution in [0.25, 0.3) is 16.8 Å². The fourth-order valence-corrected chi connectivity index (χ4v) is 3.70. The number of nitrogens with two attached hydrogens (primary N) is 1. The molecule has 0 spiro atoms. The van der Waals surface area contributed by atoms with Crippen LogP contribution >= 0.6 is 0 Å². The van der Waals surface area contributed by atoms with Gasteiger partial charge in [-0.15, -0.1) is 5.10 Å². The summed E-state index contributed by atoms with van der Waals surface area (Å²) < 4.78 is 75.8. The van der Waals surface area contributed by atoms with Crippen LogP contribution in [0, 0.1) is 17.6 Å². The second-order valence-corrected chi connectivity index (χ2v) is 8.06. The molecule has 0 aliphatic heterocycles. The van der Waals surface area contributed by atoms with E-state index in [4.69, 9.17) is 10.5 Å². The Balaban J connectivity index is 1.56. The molecular weight excluding hydrogens is 455 g/mol. The van der Waals surface area contributed by atoms with E-state index in [2.05, 4.69) is 10.1 Å². The van der Waals surface area contributed by atoms with E-state index in [9.17, 15) is 17.6 Å². The minimum atomic E-state index is -4.79. The van der Waals surface area contributed by atoms with Crippen molar-refractivity contribution in [2.45, 2.75) is 25.9 Å². The summed E-state index contributed by atoms with van der Waals surface area (Å²) in [5.74, 6) is -2.27. The highest BCUT2D eigenvalue weighted by atomic mass is 19.4. The maximum Gasteiger partial charge on any atom is 0.420 e. The SMILES string of the molecule is CC(CCOc1c(C(F)(F)F)ccc(-c2ccn3nc(N)nc3c2)c1F)Cc1ccc(F)cc1. The first-order chi connectivity index (χ1) is 16.1. The Morgan fingerprint density at radius 3 is 2.50 bits per heavy atom. The molecule has 2 aromatic carbocycles. The Labute approximate surface area is 192 Å². The molecule has 178 valence electrons. The minimum absolute atomic E-state index is 0.0174. The summed E-state index contributed by atoms with van der Waals surface area (Å²) in [5, 5.41) is 3.92. The lowest BCUT2D eigenvalue weighted by Gasteiger charge is -2.18. The standard InChI is InChI=1S/C24H21F5N4O/c1-14(12-15-2-4-17(25)5-3-15)9-11-34-22-19(24(27,28)29)7-6-18(21(22)26)16-8-10-33-20(13-16)31-23(30)32-33/h2-8,10,13-14H,9,11-12H2,1H3,(H2,30,32). The molecule has 0 radical (unpaired) electrons. The van der Waals surface area contributed by atoms with E-state index in [1.54, 1.807) is 12.1 Å². The van der Waals surface area contributed by atoms with Crippen molar-refractivity contribution in [3.05, 3.63) is 77.5 Å². The lowest BCUT2D eigenvalue weighted by molar-refractivity contribution is -0.139. The zero-order chi connectivity index (χ0) is 24.5. The van der Waals surface area contributed by atoms with Crippen molar-refractivity contribution in [1.82, 2.24) is 14.6 Å². The molecule has 1 unspecified atom stereocenters. The normalized spacial score (nSPS) is 12.8. The molecule has 5 nitrogen and oxygen atoms in total. The first-order valence-corrected chi connectivity index (χ1v) is 10.5. The second kappa shape index (κ2) is 9.28. The van der Waals surface area contributed by atoms with Crippen molar-refractivity contribution in [1.29, 1.82) is 0 Å². The van der Waals surface area contributed by atoms with Crippen molar-refractivity contribution in [2.75, 3.05) is 12.3 Å². The number of fused-ring (bicyclic) bond motifs is 1. The fraction of sp³-hybridized carbons (Fsp3) is 0.250. The second-order valence-electron chi connectivity index (χ2n) is 8.06. The van der Waals surface area contributed by atoms with Crippen LogP contribution in [0.1, 0.15) is 24.5 Å². The van der Waals surface area contributed by atoms with Crippen LogP contribution in [-0.2, 0) is 12.6 Å². The van der Waals surface area contributed by atoms with Crippen molar-refractivity contribution < 1.29 is 26.7 Å². The maximum absolute atomic E-state index is 15.3. The average molecular weight is 476 g/mol. The highest BCUT2D eigenvalue weighted by Gasteiger charge is 2.36. The van der Waals surface area contributed by atoms with E-state index in [0.29, 0.717) is 24.1 Å². The molecule has 0 bridgehead atoms. The summed E-state index contributed by atoms with van der Waals surface area (Å²) >= 11 is 0. The molecule has 10 heteroatoms. The van der Waals surface area contributed by atoms with Gasteiger partial charge in [0.2, 0.25) is 5.95 Å². The van der Waals surface area contributed by atoms with Gasteiger partial charge < -0.3 is 10.5 Å². The van der Waals surface area contributed by atoms with Crippen molar-refractivity contribution in [3.8, 4) is 16.9 Å². The molecule has 0 aliphatic carbocycles. The molecule has 2 aromatic heterocycles. The maximum atomic E-state index is 15.3. The van der Waals surface area contributed by atoms with Crippen LogP contribution in [0.5, 0.6) is 5.75 Å². The van der Waals surface area contributed by atoms with Gasteiger partial charge in [-0.2, -0.15) is 18.2 Å². The van der Waals surface area contributed by atoms with E-state index >= 15 is 4.39 Å². The molecule has 0 aliphatic rings. The summed E-state index contributed by atoms with van der Waals surface area (Å²) in [5.41, 5.74) is 5.83. The number of nitrogens with zero attached hydrogens (tertiary/aromatic N) is 3. The Morgan fingerprint density at radius 1 is 1.06 bits per heavy atom. The first kappa shape index (κ1) is 23.5. The lowest BCUT2D eigenvalue weighted by Crippen LogP contribution is -2.13. The number of halogens is 5. The van der Waals surface area contributed by atoms with Crippen molar-refractivity contribution >= 4 is 11.6 Å². The van der Waals surface area contributed by atoms with Crippen molar-refractivity contribution in [3.63, 3.8) is 0 Å². The number of pyridine rings is 1. The number of anilines is 1. The number of alkyl halides is 3. The van der Waals surface area contributed by atoms with Gasteiger partial charge in [0.05, 0.1) is 6.61 Å². The predicted molar refractivity (Wildman–Crippen MR) is 117 cm³/mol. The molecule has 1 atom stereocenters. The highest BCUT2D eigenvalue weighted by molar-refractivity contribution is 5.70. The van der Waals surface area contributed by atoms with Crippen LogP contribution in [-0.4, -0.2) is 21.2 Å². The van der Waals surface area contributed by atoms with E-state index in [1.807, 2.05) is 6.92 Å². The molecule has 0 saturated heterocycles. The molecule has 0 saturated carbocycles. The van der Waals surface area contributed by atoms with Gasteiger partial charge in [-0.25, -0.2) is 13.3 Å². The third-order valence-corrected chi connectivity index (χ3v) is 5.42. The number of hydrogen-bond acceptors (Lipinski definition) is 4. The number of aromatic nitrogens is 3. The topological polar surface area (TPSA) is 65.4 Å². The van der Waals surface area contributed by atoms with E-state index in [0.717, 1.165) is 17.7 Å². The van der Waals surface area contributed by atoms with Crippen LogP contribution < -0.4 is 10.5 Å². The molecule has 4 aromatic rings. The zero-order valence-corrected chi connectivity index (χ0v) is 18.1. The van der Waals surface area contributed by atoms with Crippen molar-refractivity contribution in [2.24, 2.45) is 5.92 Å². The molecule has 0 amide bonds. The summed E-state index contributed by atoms with van der Waals surface area (Å²) in [4.78, 5) is 3.99. The van der Waals surface area contributed by atoms with E-state index in [-0.39, 0.29) is 29.9 Å². The molecule has 4 rings (SSSR count). The number of rotatable bonds is 7. The van der Waals surface area contributed by atoms with Gasteiger partial charge in [0, 0.05) is 11.8 Å². The number of hydrogen-bond donors (Lipinski definition) is 1. The molecule has 2 N–H and O–H groups in total. The monoisotopic (exact) mass is 476 g/mol. The highest BCUT2D eigenvalue weighted by Crippen LogP contribution is 2.41. The van der Waals surface area contributed by atoms with Gasteiger partial charge in [-0.3, -0.25) is 0 Å². The van der Waals surface area contributed by atoms with Gasteiger partial charge in [0.1, 0.15) is 11.4 Å². The van der Waals surface area contributed by atoms with Crippen LogP contribution in [0.3, 0.4) is 0 Å². The third-order valence-electron chi connectivity index (χ3n) is 5.42. The largest absolute Gasteiger partial charge is 0.490 e. The first-order valence-electron chi connectivity index (χ1n) is 10.5. The average Bonchev–Trinajstić information content (AvgIpc) is 3.14. The fourth-order valence-electron chi connectivity index (χ4n) is 3.70. The number of nitrogen functional groups attached to an aromatic ring is 1. The van der Waals surface area contributed by atoms with Gasteiger partial charge in [-0.05, 0) is 60.2 Å². The number of ether oxygens (including phenoxy) is 1. The van der Waals surface area contributed by atoms with Gasteiger partial charge in [0.25, 0.3) is 0 Å². The van der Waals surface area contributed by atoms with Crippen LogP contribution in [0.15, 0.2) is 54.7 Å². The molecule has 34 heavy (non-hydrogen) atoms. The quantitative estimate of drug-likeness (QED) is 0.336. The minimum Gasteiger partial charge on any atom is -0.490 e.